The number of amides is 1. The lowest BCUT2D eigenvalue weighted by Crippen LogP contribution is -2.45. The molecule has 0 heterocycles. The summed E-state index contributed by atoms with van der Waals surface area (Å²) in [5.41, 5.74) is 0. The van der Waals surface area contributed by atoms with Crippen molar-refractivity contribution >= 4 is 11.9 Å². The molecule has 6 nitrogen and oxygen atoms in total. The minimum atomic E-state index is -0.851. The number of carbonyl (C=O) groups excluding carboxylic acids is 2. The topological polar surface area (TPSA) is 95.9 Å². The van der Waals surface area contributed by atoms with Gasteiger partial charge in [-0.05, 0) is 89.9 Å². The SMILES string of the molecule is CCCCC/C=C\C/C=C\CCCCCCCC(=O)OCCCCCCCC/C=C\CCCCCCCCCC(=O)NC(CO)C(O)/C=C/CCCCCCCCCC. The standard InChI is InChI=1S/C53H97NO5/c1-3-5-7-9-11-13-15-16-20-24-27-31-35-39-43-47-53(58)59-48-44-40-36-32-28-25-22-19-17-18-21-23-26-30-34-38-42-46-52(57)54-50(49-55)51(56)45-41-37-33-29-14-12-10-8-6-4-2/h11,13,16-17,19-20,41,45,50-51,55-56H,3-10,12,14-15,18,21-40,42-44,46-49H2,1-2H3,(H,54,57)/b13-11-,19-17-,20-16-,45-41+. The van der Waals surface area contributed by atoms with Gasteiger partial charge in [-0.1, -0.05) is 197 Å². The minimum Gasteiger partial charge on any atom is -0.466 e. The van der Waals surface area contributed by atoms with Gasteiger partial charge in [-0.15, -0.1) is 0 Å². The molecular formula is C53H97NO5. The molecule has 2 unspecified atom stereocenters. The van der Waals surface area contributed by atoms with Gasteiger partial charge in [0.2, 0.25) is 5.91 Å². The van der Waals surface area contributed by atoms with E-state index in [2.05, 4.69) is 55.6 Å². The molecule has 0 aliphatic rings. The molecule has 0 aromatic carbocycles. The molecule has 0 saturated heterocycles. The summed E-state index contributed by atoms with van der Waals surface area (Å²) in [7, 11) is 0. The maximum absolute atomic E-state index is 12.4. The quantitative estimate of drug-likeness (QED) is 0.0323. The van der Waals surface area contributed by atoms with Crippen molar-refractivity contribution in [2.24, 2.45) is 0 Å². The molecule has 2 atom stereocenters. The summed E-state index contributed by atoms with van der Waals surface area (Å²) in [6.45, 7) is 4.81. The first-order valence-corrected chi connectivity index (χ1v) is 25.4. The summed E-state index contributed by atoms with van der Waals surface area (Å²) in [4.78, 5) is 24.4. The average Bonchev–Trinajstić information content (AvgIpc) is 3.24. The van der Waals surface area contributed by atoms with Crippen molar-refractivity contribution in [2.45, 2.75) is 264 Å². The summed E-state index contributed by atoms with van der Waals surface area (Å²) in [6.07, 6.45) is 59.7. The molecular weight excluding hydrogens is 731 g/mol. The normalized spacial score (nSPS) is 13.1. The van der Waals surface area contributed by atoms with Gasteiger partial charge >= 0.3 is 5.97 Å². The number of aliphatic hydroxyl groups is 2. The van der Waals surface area contributed by atoms with Crippen LogP contribution in [0.2, 0.25) is 0 Å². The zero-order valence-electron chi connectivity index (χ0n) is 39.0. The summed E-state index contributed by atoms with van der Waals surface area (Å²) < 4.78 is 5.45. The van der Waals surface area contributed by atoms with Crippen molar-refractivity contribution in [3.05, 3.63) is 48.6 Å². The second-order valence-corrected chi connectivity index (χ2v) is 17.1. The Kier molecular flexibility index (Phi) is 46.7. The minimum absolute atomic E-state index is 0.0180. The molecule has 0 spiro atoms. The largest absolute Gasteiger partial charge is 0.466 e. The van der Waals surface area contributed by atoms with Gasteiger partial charge in [0.05, 0.1) is 25.4 Å². The second-order valence-electron chi connectivity index (χ2n) is 17.1. The number of hydrogen-bond acceptors (Lipinski definition) is 5. The van der Waals surface area contributed by atoms with Gasteiger partial charge in [0, 0.05) is 12.8 Å². The van der Waals surface area contributed by atoms with E-state index in [-0.39, 0.29) is 18.5 Å². The van der Waals surface area contributed by atoms with Gasteiger partial charge < -0.3 is 20.3 Å². The van der Waals surface area contributed by atoms with E-state index < -0.39 is 12.1 Å². The lowest BCUT2D eigenvalue weighted by molar-refractivity contribution is -0.143. The Hall–Kier alpha value is -2.18. The highest BCUT2D eigenvalue weighted by Crippen LogP contribution is 2.14. The predicted octanol–water partition coefficient (Wildman–Crippen LogP) is 15.1. The van der Waals surface area contributed by atoms with E-state index in [0.717, 1.165) is 64.2 Å². The van der Waals surface area contributed by atoms with Crippen molar-refractivity contribution in [3.63, 3.8) is 0 Å². The van der Waals surface area contributed by atoms with Gasteiger partial charge in [0.15, 0.2) is 0 Å². The van der Waals surface area contributed by atoms with E-state index in [1.165, 1.54) is 161 Å². The number of carbonyl (C=O) groups is 2. The zero-order valence-corrected chi connectivity index (χ0v) is 39.0. The van der Waals surface area contributed by atoms with E-state index in [0.29, 0.717) is 19.4 Å². The van der Waals surface area contributed by atoms with Crippen LogP contribution >= 0.6 is 0 Å². The molecule has 0 saturated carbocycles. The van der Waals surface area contributed by atoms with Gasteiger partial charge in [0.1, 0.15) is 0 Å². The lowest BCUT2D eigenvalue weighted by Gasteiger charge is -2.20. The molecule has 0 aromatic rings. The Bertz CT molecular complexity index is 1000. The summed E-state index contributed by atoms with van der Waals surface area (Å²) in [6, 6.07) is -0.636. The number of hydrogen-bond donors (Lipinski definition) is 3. The van der Waals surface area contributed by atoms with Crippen molar-refractivity contribution in [2.75, 3.05) is 13.2 Å². The molecule has 59 heavy (non-hydrogen) atoms. The first-order chi connectivity index (χ1) is 29.0. The first-order valence-electron chi connectivity index (χ1n) is 25.4. The molecule has 0 fully saturated rings. The zero-order chi connectivity index (χ0) is 43.0. The van der Waals surface area contributed by atoms with Crippen LogP contribution in [0.25, 0.3) is 0 Å². The van der Waals surface area contributed by atoms with Crippen LogP contribution < -0.4 is 5.32 Å². The Morgan fingerprint density at radius 3 is 1.34 bits per heavy atom. The van der Waals surface area contributed by atoms with Gasteiger partial charge in [-0.25, -0.2) is 0 Å². The Morgan fingerprint density at radius 1 is 0.475 bits per heavy atom. The number of allylic oxidation sites excluding steroid dienone is 7. The second kappa shape index (κ2) is 48.5. The molecule has 6 heteroatoms. The highest BCUT2D eigenvalue weighted by molar-refractivity contribution is 5.76. The first kappa shape index (κ1) is 56.8. The fraction of sp³-hybridized carbons (Fsp3) is 0.811. The molecule has 0 bridgehead atoms. The Balaban J connectivity index is 3.48. The van der Waals surface area contributed by atoms with Crippen molar-refractivity contribution < 1.29 is 24.5 Å². The highest BCUT2D eigenvalue weighted by Gasteiger charge is 2.18. The molecule has 0 aliphatic carbocycles. The molecule has 344 valence electrons. The fourth-order valence-electron chi connectivity index (χ4n) is 7.36. The highest BCUT2D eigenvalue weighted by atomic mass is 16.5. The van der Waals surface area contributed by atoms with E-state index in [1.54, 1.807) is 6.08 Å². The van der Waals surface area contributed by atoms with Crippen LogP contribution in [-0.2, 0) is 14.3 Å². The maximum atomic E-state index is 12.4. The smallest absolute Gasteiger partial charge is 0.305 e. The Labute approximate surface area is 366 Å². The van der Waals surface area contributed by atoms with Gasteiger partial charge in [0.25, 0.3) is 0 Å². The summed E-state index contributed by atoms with van der Waals surface area (Å²) in [5.74, 6) is -0.102. The number of rotatable bonds is 46. The third kappa shape index (κ3) is 45.2. The van der Waals surface area contributed by atoms with Crippen molar-refractivity contribution in [1.29, 1.82) is 0 Å². The van der Waals surface area contributed by atoms with E-state index >= 15 is 0 Å². The molecule has 1 amide bonds. The number of esters is 1. The summed E-state index contributed by atoms with van der Waals surface area (Å²) >= 11 is 0. The molecule has 0 rings (SSSR count). The van der Waals surface area contributed by atoms with Gasteiger partial charge in [-0.3, -0.25) is 9.59 Å². The third-order valence-corrected chi connectivity index (χ3v) is 11.3. The number of aliphatic hydroxyl groups excluding tert-OH is 2. The van der Waals surface area contributed by atoms with Crippen molar-refractivity contribution in [1.82, 2.24) is 5.32 Å². The van der Waals surface area contributed by atoms with E-state index in [4.69, 9.17) is 4.74 Å². The Morgan fingerprint density at radius 2 is 0.847 bits per heavy atom. The maximum Gasteiger partial charge on any atom is 0.305 e. The van der Waals surface area contributed by atoms with Gasteiger partial charge in [-0.2, -0.15) is 0 Å². The molecule has 0 radical (unpaired) electrons. The predicted molar refractivity (Wildman–Crippen MR) is 255 cm³/mol. The number of nitrogens with one attached hydrogen (secondary N) is 1. The van der Waals surface area contributed by atoms with Crippen LogP contribution in [0.1, 0.15) is 251 Å². The lowest BCUT2D eigenvalue weighted by atomic mass is 10.1. The van der Waals surface area contributed by atoms with Crippen LogP contribution in [0, 0.1) is 0 Å². The molecule has 3 N–H and O–H groups in total. The van der Waals surface area contributed by atoms with Crippen LogP contribution in [0.15, 0.2) is 48.6 Å². The number of unbranched alkanes of at least 4 members (excludes halogenated alkanes) is 29. The monoisotopic (exact) mass is 828 g/mol. The molecule has 0 aromatic heterocycles. The third-order valence-electron chi connectivity index (χ3n) is 11.3. The van der Waals surface area contributed by atoms with E-state index in [1.807, 2.05) is 6.08 Å². The van der Waals surface area contributed by atoms with Crippen LogP contribution in [0.5, 0.6) is 0 Å². The van der Waals surface area contributed by atoms with Crippen molar-refractivity contribution in [3.8, 4) is 0 Å². The number of ether oxygens (including phenoxy) is 1. The van der Waals surface area contributed by atoms with Crippen LogP contribution in [0.3, 0.4) is 0 Å². The average molecular weight is 828 g/mol. The molecule has 0 aliphatic heterocycles. The van der Waals surface area contributed by atoms with E-state index in [9.17, 15) is 19.8 Å². The summed E-state index contributed by atoms with van der Waals surface area (Å²) in [5, 5.41) is 22.9. The fourth-order valence-corrected chi connectivity index (χ4v) is 7.36. The van der Waals surface area contributed by atoms with Crippen LogP contribution in [-0.4, -0.2) is 47.4 Å². The van der Waals surface area contributed by atoms with Crippen LogP contribution in [0.4, 0.5) is 0 Å².